The number of alkyl halides is 2. The van der Waals surface area contributed by atoms with Gasteiger partial charge in [0.25, 0.3) is 0 Å². The molecule has 1 rings (SSSR count). The molecule has 2 N–H and O–H groups in total. The zero-order chi connectivity index (χ0) is 13.9. The maximum absolute atomic E-state index is 13.7. The van der Waals surface area contributed by atoms with Gasteiger partial charge in [0, 0.05) is 10.0 Å². The molecule has 0 aromatic heterocycles. The van der Waals surface area contributed by atoms with Crippen molar-refractivity contribution in [1.29, 1.82) is 0 Å². The van der Waals surface area contributed by atoms with Gasteiger partial charge in [0.2, 0.25) is 0 Å². The Hall–Kier alpha value is -0.910. The van der Waals surface area contributed by atoms with E-state index in [1.165, 1.54) is 25.1 Å². The van der Waals surface area contributed by atoms with E-state index >= 15 is 0 Å². The summed E-state index contributed by atoms with van der Waals surface area (Å²) in [5.41, 5.74) is 5.34. The van der Waals surface area contributed by atoms with Gasteiger partial charge in [-0.1, -0.05) is 23.2 Å². The van der Waals surface area contributed by atoms with Crippen LogP contribution in [0.2, 0.25) is 10.0 Å². The first-order valence-electron chi connectivity index (χ1n) is 5.05. The molecule has 1 aromatic rings. The summed E-state index contributed by atoms with van der Waals surface area (Å²) in [5.74, 6) is -5.52. The van der Waals surface area contributed by atoms with E-state index in [1.807, 2.05) is 0 Å². The zero-order valence-electron chi connectivity index (χ0n) is 9.42. The number of rotatable bonds is 4. The van der Waals surface area contributed by atoms with Crippen LogP contribution in [0.5, 0.6) is 0 Å². The molecule has 18 heavy (non-hydrogen) atoms. The Labute approximate surface area is 113 Å². The molecular weight excluding hydrogens is 287 g/mol. The normalized spacial score (nSPS) is 13.2. The lowest BCUT2D eigenvalue weighted by molar-refractivity contribution is -0.174. The molecule has 0 aliphatic heterocycles. The average Bonchev–Trinajstić information content (AvgIpc) is 2.26. The van der Waals surface area contributed by atoms with E-state index in [4.69, 9.17) is 28.9 Å². The van der Waals surface area contributed by atoms with Gasteiger partial charge < -0.3 is 10.5 Å². The highest BCUT2D eigenvalue weighted by atomic mass is 35.5. The van der Waals surface area contributed by atoms with Crippen molar-refractivity contribution in [3.8, 4) is 0 Å². The minimum atomic E-state index is -3.84. The molecule has 0 heterocycles. The predicted octanol–water partition coefficient (Wildman–Crippen LogP) is 3.19. The monoisotopic (exact) mass is 297 g/mol. The molecule has 0 saturated carbocycles. The summed E-state index contributed by atoms with van der Waals surface area (Å²) in [5, 5.41) is 0.320. The molecule has 0 aliphatic rings. The lowest BCUT2D eigenvalue weighted by Gasteiger charge is -2.22. The molecule has 0 aliphatic carbocycles. The van der Waals surface area contributed by atoms with Crippen LogP contribution < -0.4 is 5.73 Å². The van der Waals surface area contributed by atoms with E-state index in [2.05, 4.69) is 4.74 Å². The second-order valence-corrected chi connectivity index (χ2v) is 4.40. The number of nitrogens with two attached hydrogens (primary N) is 1. The molecule has 1 aromatic carbocycles. The Kier molecular flexibility index (Phi) is 4.90. The van der Waals surface area contributed by atoms with Crippen molar-refractivity contribution in [2.45, 2.75) is 18.9 Å². The minimum absolute atomic E-state index is 0.0365. The van der Waals surface area contributed by atoms with Crippen molar-refractivity contribution < 1.29 is 18.3 Å². The van der Waals surface area contributed by atoms with Crippen LogP contribution in [0.25, 0.3) is 0 Å². The van der Waals surface area contributed by atoms with Gasteiger partial charge >= 0.3 is 11.9 Å². The van der Waals surface area contributed by atoms with Gasteiger partial charge in [0.05, 0.1) is 6.61 Å². The summed E-state index contributed by atoms with van der Waals surface area (Å²) in [6, 6.07) is 1.96. The highest BCUT2D eigenvalue weighted by Crippen LogP contribution is 2.33. The number of esters is 1. The first-order chi connectivity index (χ1) is 8.28. The van der Waals surface area contributed by atoms with E-state index < -0.39 is 17.9 Å². The highest BCUT2D eigenvalue weighted by molar-refractivity contribution is 6.34. The van der Waals surface area contributed by atoms with Crippen LogP contribution >= 0.6 is 23.2 Å². The first-order valence-corrected chi connectivity index (χ1v) is 5.81. The van der Waals surface area contributed by atoms with Crippen molar-refractivity contribution in [2.24, 2.45) is 5.73 Å². The number of hydrogen-bond donors (Lipinski definition) is 1. The van der Waals surface area contributed by atoms with E-state index in [0.717, 1.165) is 0 Å². The highest BCUT2D eigenvalue weighted by Gasteiger charge is 2.47. The maximum atomic E-state index is 13.7. The van der Waals surface area contributed by atoms with Crippen LogP contribution in [-0.2, 0) is 9.53 Å². The fraction of sp³-hybridized carbons (Fsp3) is 0.364. The molecule has 100 valence electrons. The van der Waals surface area contributed by atoms with Crippen LogP contribution in [0.1, 0.15) is 18.5 Å². The molecule has 0 bridgehead atoms. The number of ether oxygens (including phenoxy) is 1. The molecule has 7 heteroatoms. The molecule has 0 fully saturated rings. The summed E-state index contributed by atoms with van der Waals surface area (Å²) in [6.45, 7) is 1.27. The lowest BCUT2D eigenvalue weighted by Crippen LogP contribution is -2.41. The Morgan fingerprint density at radius 3 is 2.33 bits per heavy atom. The third-order valence-electron chi connectivity index (χ3n) is 2.18. The van der Waals surface area contributed by atoms with Crippen LogP contribution in [0.3, 0.4) is 0 Å². The molecule has 0 radical (unpaired) electrons. The smallest absolute Gasteiger partial charge is 0.379 e. The lowest BCUT2D eigenvalue weighted by atomic mass is 10.0. The molecule has 3 nitrogen and oxygen atoms in total. The number of carbonyl (C=O) groups excluding carboxylic acids is 1. The molecule has 0 spiro atoms. The van der Waals surface area contributed by atoms with E-state index in [0.29, 0.717) is 0 Å². The van der Waals surface area contributed by atoms with Crippen LogP contribution in [-0.4, -0.2) is 18.5 Å². The Morgan fingerprint density at radius 2 is 1.89 bits per heavy atom. The van der Waals surface area contributed by atoms with Gasteiger partial charge in [-0.3, -0.25) is 0 Å². The van der Waals surface area contributed by atoms with Gasteiger partial charge in [-0.15, -0.1) is 0 Å². The number of halogens is 4. The SMILES string of the molecule is CCOC(=O)C(F)(F)[C@@H](N)c1cc(Cl)cc(Cl)c1. The van der Waals surface area contributed by atoms with Gasteiger partial charge in [-0.05, 0) is 30.7 Å². The molecule has 0 unspecified atom stereocenters. The average molecular weight is 298 g/mol. The quantitative estimate of drug-likeness (QED) is 0.868. The molecule has 1 atom stereocenters. The topological polar surface area (TPSA) is 52.3 Å². The van der Waals surface area contributed by atoms with Crippen LogP contribution in [0, 0.1) is 0 Å². The van der Waals surface area contributed by atoms with Gasteiger partial charge in [0.1, 0.15) is 6.04 Å². The first kappa shape index (κ1) is 15.1. The Balaban J connectivity index is 3.04. The second-order valence-electron chi connectivity index (χ2n) is 3.52. The van der Waals surface area contributed by atoms with Crippen molar-refractivity contribution >= 4 is 29.2 Å². The predicted molar refractivity (Wildman–Crippen MR) is 65.0 cm³/mol. The maximum Gasteiger partial charge on any atom is 0.379 e. The third-order valence-corrected chi connectivity index (χ3v) is 2.62. The number of benzene rings is 1. The zero-order valence-corrected chi connectivity index (χ0v) is 10.9. The minimum Gasteiger partial charge on any atom is -0.462 e. The largest absolute Gasteiger partial charge is 0.462 e. The third kappa shape index (κ3) is 3.31. The summed E-state index contributed by atoms with van der Waals surface area (Å²) < 4.78 is 31.6. The number of hydrogen-bond acceptors (Lipinski definition) is 3. The van der Waals surface area contributed by atoms with Crippen molar-refractivity contribution in [2.75, 3.05) is 6.61 Å². The second kappa shape index (κ2) is 5.82. The van der Waals surface area contributed by atoms with Gasteiger partial charge in [-0.2, -0.15) is 8.78 Å². The summed E-state index contributed by atoms with van der Waals surface area (Å²) in [6.07, 6.45) is 0. The molecular formula is C11H11Cl2F2NO2. The fourth-order valence-corrected chi connectivity index (χ4v) is 1.86. The van der Waals surface area contributed by atoms with E-state index in [-0.39, 0.29) is 22.2 Å². The molecule has 0 amide bonds. The van der Waals surface area contributed by atoms with Gasteiger partial charge in [0.15, 0.2) is 0 Å². The number of carbonyl (C=O) groups is 1. The summed E-state index contributed by atoms with van der Waals surface area (Å²) in [7, 11) is 0. The Bertz CT molecular complexity index is 434. The van der Waals surface area contributed by atoms with Crippen molar-refractivity contribution in [1.82, 2.24) is 0 Å². The standard InChI is InChI=1S/C11H11Cl2F2NO2/c1-2-18-10(17)11(14,15)9(16)6-3-7(12)5-8(13)4-6/h3-5,9H,2,16H2,1H3/t9-/m0/s1. The van der Waals surface area contributed by atoms with Crippen LogP contribution in [0.15, 0.2) is 18.2 Å². The molecule has 0 saturated heterocycles. The van der Waals surface area contributed by atoms with Crippen molar-refractivity contribution in [3.05, 3.63) is 33.8 Å². The summed E-state index contributed by atoms with van der Waals surface area (Å²) in [4.78, 5) is 11.1. The van der Waals surface area contributed by atoms with E-state index in [1.54, 1.807) is 0 Å². The van der Waals surface area contributed by atoms with Crippen LogP contribution in [0.4, 0.5) is 8.78 Å². The van der Waals surface area contributed by atoms with E-state index in [9.17, 15) is 13.6 Å². The van der Waals surface area contributed by atoms with Crippen molar-refractivity contribution in [3.63, 3.8) is 0 Å². The summed E-state index contributed by atoms with van der Waals surface area (Å²) >= 11 is 11.4. The fourth-order valence-electron chi connectivity index (χ4n) is 1.32. The Morgan fingerprint density at radius 1 is 1.39 bits per heavy atom. The van der Waals surface area contributed by atoms with Gasteiger partial charge in [-0.25, -0.2) is 4.79 Å².